The predicted molar refractivity (Wildman–Crippen MR) is 64.2 cm³/mol. The predicted octanol–water partition coefficient (Wildman–Crippen LogP) is 0.638. The van der Waals surface area contributed by atoms with Crippen molar-refractivity contribution in [3.63, 3.8) is 0 Å². The number of hydrogen-bond donors (Lipinski definition) is 3. The van der Waals surface area contributed by atoms with Crippen LogP contribution in [0.3, 0.4) is 0 Å². The zero-order valence-corrected chi connectivity index (χ0v) is 9.66. The molecule has 0 saturated carbocycles. The van der Waals surface area contributed by atoms with Gasteiger partial charge >= 0.3 is 0 Å². The number of anilines is 1. The molecule has 1 unspecified atom stereocenters. The summed E-state index contributed by atoms with van der Waals surface area (Å²) in [4.78, 5) is 15.3. The van der Waals surface area contributed by atoms with Crippen LogP contribution in [0.2, 0.25) is 0 Å². The summed E-state index contributed by atoms with van der Waals surface area (Å²) in [5, 5.41) is 3.09. The fourth-order valence-electron chi connectivity index (χ4n) is 1.28. The van der Waals surface area contributed by atoms with E-state index in [1.54, 1.807) is 12.1 Å². The number of carbonyl (C=O) groups is 1. The maximum absolute atomic E-state index is 11.0. The molecule has 0 spiro atoms. The molecule has 0 bridgehead atoms. The van der Waals surface area contributed by atoms with Gasteiger partial charge in [0.05, 0.1) is 0 Å². The highest BCUT2D eigenvalue weighted by atomic mass is 16.1. The summed E-state index contributed by atoms with van der Waals surface area (Å²) >= 11 is 0. The first-order valence-corrected chi connectivity index (χ1v) is 5.31. The Morgan fingerprint density at radius 3 is 2.81 bits per heavy atom. The molecular formula is C11H18N4O. The smallest absolute Gasteiger partial charge is 0.248 e. The third kappa shape index (κ3) is 3.51. The van der Waals surface area contributed by atoms with Crippen molar-refractivity contribution in [3.8, 4) is 0 Å². The lowest BCUT2D eigenvalue weighted by atomic mass is 10.2. The van der Waals surface area contributed by atoms with Gasteiger partial charge in [0.1, 0.15) is 5.82 Å². The van der Waals surface area contributed by atoms with Gasteiger partial charge in [-0.1, -0.05) is 6.92 Å². The molecule has 5 N–H and O–H groups in total. The fraction of sp³-hybridized carbons (Fsp3) is 0.455. The highest BCUT2D eigenvalue weighted by Gasteiger charge is 2.05. The number of pyridine rings is 1. The van der Waals surface area contributed by atoms with Gasteiger partial charge < -0.3 is 16.8 Å². The molecule has 5 nitrogen and oxygen atoms in total. The monoisotopic (exact) mass is 222 g/mol. The molecule has 0 fully saturated rings. The molecule has 1 atom stereocenters. The Kier molecular flexibility index (Phi) is 4.25. The van der Waals surface area contributed by atoms with Crippen LogP contribution < -0.4 is 16.8 Å². The van der Waals surface area contributed by atoms with E-state index in [4.69, 9.17) is 11.5 Å². The molecule has 0 aliphatic rings. The molecule has 1 heterocycles. The lowest BCUT2D eigenvalue weighted by Crippen LogP contribution is -2.28. The lowest BCUT2D eigenvalue weighted by molar-refractivity contribution is 0.1000. The molecule has 0 aliphatic heterocycles. The number of nitrogens with one attached hydrogen (secondary N) is 1. The van der Waals surface area contributed by atoms with Gasteiger partial charge in [0, 0.05) is 23.8 Å². The van der Waals surface area contributed by atoms with Gasteiger partial charge in [-0.2, -0.15) is 0 Å². The van der Waals surface area contributed by atoms with Crippen LogP contribution in [0.1, 0.15) is 29.4 Å². The van der Waals surface area contributed by atoms with E-state index in [9.17, 15) is 4.79 Å². The van der Waals surface area contributed by atoms with E-state index in [0.29, 0.717) is 17.9 Å². The van der Waals surface area contributed by atoms with Crippen molar-refractivity contribution in [2.45, 2.75) is 26.3 Å². The minimum Gasteiger partial charge on any atom is -0.368 e. The summed E-state index contributed by atoms with van der Waals surface area (Å²) < 4.78 is 0. The van der Waals surface area contributed by atoms with Crippen molar-refractivity contribution < 1.29 is 4.79 Å². The number of aryl methyl sites for hydroxylation is 1. The molecule has 0 aliphatic carbocycles. The van der Waals surface area contributed by atoms with Gasteiger partial charge in [0.25, 0.3) is 0 Å². The Hall–Kier alpha value is -1.62. The Balaban J connectivity index is 2.76. The normalized spacial score (nSPS) is 12.2. The fourth-order valence-corrected chi connectivity index (χ4v) is 1.28. The molecule has 0 radical (unpaired) electrons. The maximum atomic E-state index is 11.0. The number of hydrogen-bond acceptors (Lipinski definition) is 4. The van der Waals surface area contributed by atoms with E-state index in [1.807, 2.05) is 13.8 Å². The van der Waals surface area contributed by atoms with E-state index < -0.39 is 5.91 Å². The van der Waals surface area contributed by atoms with Crippen LogP contribution >= 0.6 is 0 Å². The van der Waals surface area contributed by atoms with Gasteiger partial charge in [-0.05, 0) is 25.5 Å². The van der Waals surface area contributed by atoms with E-state index in [0.717, 1.165) is 12.1 Å². The second kappa shape index (κ2) is 5.46. The molecule has 1 aromatic heterocycles. The number of rotatable bonds is 5. The number of aromatic nitrogens is 1. The first-order chi connectivity index (χ1) is 7.52. The average molecular weight is 222 g/mol. The van der Waals surface area contributed by atoms with Crippen molar-refractivity contribution >= 4 is 11.7 Å². The SMILES string of the molecule is CCC(N)CNc1cc(C(N)=O)cc(C)n1. The number of amides is 1. The van der Waals surface area contributed by atoms with Crippen LogP contribution in [0.25, 0.3) is 0 Å². The standard InChI is InChI=1S/C11H18N4O/c1-3-9(12)6-14-10-5-8(11(13)16)4-7(2)15-10/h4-5,9H,3,6,12H2,1-2H3,(H2,13,16)(H,14,15). The van der Waals surface area contributed by atoms with E-state index in [-0.39, 0.29) is 6.04 Å². The minimum absolute atomic E-state index is 0.0827. The Bertz CT molecular complexity index is 378. The first-order valence-electron chi connectivity index (χ1n) is 5.31. The number of nitrogens with zero attached hydrogens (tertiary/aromatic N) is 1. The Labute approximate surface area is 95.2 Å². The molecular weight excluding hydrogens is 204 g/mol. The third-order valence-electron chi connectivity index (χ3n) is 2.31. The third-order valence-corrected chi connectivity index (χ3v) is 2.31. The Morgan fingerprint density at radius 1 is 1.56 bits per heavy atom. The van der Waals surface area contributed by atoms with Gasteiger partial charge in [-0.3, -0.25) is 4.79 Å². The highest BCUT2D eigenvalue weighted by molar-refractivity contribution is 5.93. The van der Waals surface area contributed by atoms with Crippen molar-refractivity contribution in [1.29, 1.82) is 0 Å². The van der Waals surface area contributed by atoms with Gasteiger partial charge in [0.15, 0.2) is 0 Å². The number of nitrogens with two attached hydrogens (primary N) is 2. The summed E-state index contributed by atoms with van der Waals surface area (Å²) in [6.45, 7) is 4.47. The molecule has 1 amide bonds. The summed E-state index contributed by atoms with van der Waals surface area (Å²) in [6, 6.07) is 3.38. The summed E-state index contributed by atoms with van der Waals surface area (Å²) in [5.41, 5.74) is 12.2. The zero-order chi connectivity index (χ0) is 12.1. The second-order valence-electron chi connectivity index (χ2n) is 3.80. The first kappa shape index (κ1) is 12.4. The quantitative estimate of drug-likeness (QED) is 0.681. The maximum Gasteiger partial charge on any atom is 0.248 e. The van der Waals surface area contributed by atoms with Crippen molar-refractivity contribution in [3.05, 3.63) is 23.4 Å². The number of carbonyl (C=O) groups excluding carboxylic acids is 1. The second-order valence-corrected chi connectivity index (χ2v) is 3.80. The summed E-state index contributed by atoms with van der Waals surface area (Å²) in [6.07, 6.45) is 0.890. The molecule has 0 saturated heterocycles. The molecule has 1 aromatic rings. The van der Waals surface area contributed by atoms with E-state index in [2.05, 4.69) is 10.3 Å². The largest absolute Gasteiger partial charge is 0.368 e. The molecule has 88 valence electrons. The summed E-state index contributed by atoms with van der Waals surface area (Å²) in [5.74, 6) is 0.186. The zero-order valence-electron chi connectivity index (χ0n) is 9.66. The van der Waals surface area contributed by atoms with Gasteiger partial charge in [-0.25, -0.2) is 4.98 Å². The van der Waals surface area contributed by atoms with Crippen molar-refractivity contribution in [2.24, 2.45) is 11.5 Å². The summed E-state index contributed by atoms with van der Waals surface area (Å²) in [7, 11) is 0. The topological polar surface area (TPSA) is 94.0 Å². The van der Waals surface area contributed by atoms with E-state index in [1.165, 1.54) is 0 Å². The minimum atomic E-state index is -0.451. The molecule has 5 heteroatoms. The van der Waals surface area contributed by atoms with Crippen LogP contribution in [0.5, 0.6) is 0 Å². The van der Waals surface area contributed by atoms with Crippen LogP contribution in [-0.2, 0) is 0 Å². The molecule has 1 rings (SSSR count). The van der Waals surface area contributed by atoms with Crippen LogP contribution in [0, 0.1) is 6.92 Å². The number of primary amides is 1. The van der Waals surface area contributed by atoms with E-state index >= 15 is 0 Å². The lowest BCUT2D eigenvalue weighted by Gasteiger charge is -2.11. The van der Waals surface area contributed by atoms with Crippen molar-refractivity contribution in [1.82, 2.24) is 4.98 Å². The van der Waals surface area contributed by atoms with Crippen molar-refractivity contribution in [2.75, 3.05) is 11.9 Å². The molecule has 0 aromatic carbocycles. The highest BCUT2D eigenvalue weighted by Crippen LogP contribution is 2.09. The van der Waals surface area contributed by atoms with Crippen LogP contribution in [-0.4, -0.2) is 23.5 Å². The van der Waals surface area contributed by atoms with Gasteiger partial charge in [0.2, 0.25) is 5.91 Å². The van der Waals surface area contributed by atoms with Crippen LogP contribution in [0.4, 0.5) is 5.82 Å². The Morgan fingerprint density at radius 2 is 2.25 bits per heavy atom. The van der Waals surface area contributed by atoms with Gasteiger partial charge in [-0.15, -0.1) is 0 Å². The van der Waals surface area contributed by atoms with Crippen LogP contribution in [0.15, 0.2) is 12.1 Å². The molecule has 16 heavy (non-hydrogen) atoms. The average Bonchev–Trinajstić information content (AvgIpc) is 2.25.